The van der Waals surface area contributed by atoms with Gasteiger partial charge >= 0.3 is 0 Å². The van der Waals surface area contributed by atoms with E-state index in [-0.39, 0.29) is 5.78 Å². The summed E-state index contributed by atoms with van der Waals surface area (Å²) < 4.78 is 0. The minimum absolute atomic E-state index is 0.250. The van der Waals surface area contributed by atoms with Gasteiger partial charge < -0.3 is 5.32 Å². The van der Waals surface area contributed by atoms with Crippen LogP contribution < -0.4 is 5.32 Å². The van der Waals surface area contributed by atoms with Crippen molar-refractivity contribution in [1.29, 1.82) is 0 Å². The van der Waals surface area contributed by atoms with Crippen molar-refractivity contribution < 1.29 is 4.79 Å². The Kier molecular flexibility index (Phi) is 4.05. The molecule has 0 aromatic carbocycles. The molecule has 0 saturated carbocycles. The number of ketones is 1. The minimum atomic E-state index is 0.250. The lowest BCUT2D eigenvalue weighted by atomic mass is 10.2. The van der Waals surface area contributed by atoms with Gasteiger partial charge in [-0.05, 0) is 14.0 Å². The third kappa shape index (κ3) is 3.65. The number of carbonyl (C=O) groups is 1. The van der Waals surface area contributed by atoms with Crippen molar-refractivity contribution in [3.63, 3.8) is 0 Å². The lowest BCUT2D eigenvalue weighted by Crippen LogP contribution is -2.14. The number of aromatic nitrogens is 1. The van der Waals surface area contributed by atoms with Crippen molar-refractivity contribution in [3.8, 4) is 0 Å². The SMILES string of the molecule is CNCCC(=O)Cc1csc(C)n1. The molecule has 0 aliphatic heterocycles. The Morgan fingerprint density at radius 1 is 1.69 bits per heavy atom. The molecule has 1 rings (SSSR count). The van der Waals surface area contributed by atoms with Crippen molar-refractivity contribution >= 4 is 17.1 Å². The fraction of sp³-hybridized carbons (Fsp3) is 0.556. The molecule has 1 N–H and O–H groups in total. The molecule has 0 saturated heterocycles. The lowest BCUT2D eigenvalue weighted by molar-refractivity contribution is -0.118. The van der Waals surface area contributed by atoms with E-state index in [2.05, 4.69) is 10.3 Å². The number of nitrogens with zero attached hydrogens (tertiary/aromatic N) is 1. The van der Waals surface area contributed by atoms with Crippen LogP contribution in [-0.4, -0.2) is 24.4 Å². The molecule has 1 heterocycles. The second-order valence-corrected chi connectivity index (χ2v) is 3.99. The summed E-state index contributed by atoms with van der Waals surface area (Å²) in [6.45, 7) is 2.70. The standard InChI is InChI=1S/C9H14N2OS/c1-7-11-8(6-13-7)5-9(12)3-4-10-2/h6,10H,3-5H2,1-2H3. The van der Waals surface area contributed by atoms with Crippen LogP contribution in [0.1, 0.15) is 17.1 Å². The second-order valence-electron chi connectivity index (χ2n) is 2.93. The van der Waals surface area contributed by atoms with Gasteiger partial charge in [-0.3, -0.25) is 4.79 Å². The molecule has 0 fully saturated rings. The van der Waals surface area contributed by atoms with Gasteiger partial charge in [0.05, 0.1) is 10.7 Å². The normalized spacial score (nSPS) is 10.3. The molecule has 1 aromatic rings. The summed E-state index contributed by atoms with van der Waals surface area (Å²) in [7, 11) is 1.85. The van der Waals surface area contributed by atoms with Crippen molar-refractivity contribution in [2.45, 2.75) is 19.8 Å². The number of nitrogens with one attached hydrogen (secondary N) is 1. The summed E-state index contributed by atoms with van der Waals surface area (Å²) in [4.78, 5) is 15.5. The van der Waals surface area contributed by atoms with Gasteiger partial charge in [0.2, 0.25) is 0 Å². The molecule has 0 spiro atoms. The topological polar surface area (TPSA) is 42.0 Å². The lowest BCUT2D eigenvalue weighted by Gasteiger charge is -1.96. The number of aryl methyl sites for hydroxylation is 1. The summed E-state index contributed by atoms with van der Waals surface area (Å²) in [5.41, 5.74) is 0.906. The maximum Gasteiger partial charge on any atom is 0.140 e. The van der Waals surface area contributed by atoms with Crippen LogP contribution in [0.5, 0.6) is 0 Å². The van der Waals surface area contributed by atoms with E-state index >= 15 is 0 Å². The molecule has 0 amide bonds. The highest BCUT2D eigenvalue weighted by Crippen LogP contribution is 2.08. The van der Waals surface area contributed by atoms with Gasteiger partial charge in [-0.1, -0.05) is 0 Å². The van der Waals surface area contributed by atoms with E-state index in [1.807, 2.05) is 19.4 Å². The number of thiazole rings is 1. The van der Waals surface area contributed by atoms with E-state index in [0.717, 1.165) is 17.2 Å². The Labute approximate surface area is 82.2 Å². The molecular weight excluding hydrogens is 184 g/mol. The first-order valence-electron chi connectivity index (χ1n) is 4.29. The van der Waals surface area contributed by atoms with E-state index in [1.54, 1.807) is 11.3 Å². The molecule has 0 unspecified atom stereocenters. The van der Waals surface area contributed by atoms with E-state index in [9.17, 15) is 4.79 Å². The zero-order chi connectivity index (χ0) is 9.68. The Bertz CT molecular complexity index is 283. The van der Waals surface area contributed by atoms with E-state index in [4.69, 9.17) is 0 Å². The summed E-state index contributed by atoms with van der Waals surface area (Å²) >= 11 is 1.59. The highest BCUT2D eigenvalue weighted by atomic mass is 32.1. The smallest absolute Gasteiger partial charge is 0.140 e. The van der Waals surface area contributed by atoms with Crippen molar-refractivity contribution in [3.05, 3.63) is 16.1 Å². The highest BCUT2D eigenvalue weighted by molar-refractivity contribution is 7.09. The van der Waals surface area contributed by atoms with Crippen LogP contribution >= 0.6 is 11.3 Å². The molecular formula is C9H14N2OS. The molecule has 0 aliphatic rings. The number of Topliss-reactive ketones (excluding diaryl/α,β-unsaturated/α-hetero) is 1. The summed E-state index contributed by atoms with van der Waals surface area (Å²) in [6, 6.07) is 0. The average molecular weight is 198 g/mol. The van der Waals surface area contributed by atoms with Gasteiger partial charge in [-0.2, -0.15) is 0 Å². The van der Waals surface area contributed by atoms with E-state index < -0.39 is 0 Å². The Hall–Kier alpha value is -0.740. The first kappa shape index (κ1) is 10.3. The molecule has 13 heavy (non-hydrogen) atoms. The minimum Gasteiger partial charge on any atom is -0.319 e. The number of hydrogen-bond donors (Lipinski definition) is 1. The predicted octanol–water partition coefficient (Wildman–Crippen LogP) is 1.17. The van der Waals surface area contributed by atoms with Crippen LogP contribution in [0, 0.1) is 6.92 Å². The maximum absolute atomic E-state index is 11.3. The first-order valence-corrected chi connectivity index (χ1v) is 5.17. The predicted molar refractivity (Wildman–Crippen MR) is 54.1 cm³/mol. The Morgan fingerprint density at radius 2 is 2.46 bits per heavy atom. The first-order chi connectivity index (χ1) is 6.22. The molecule has 4 heteroatoms. The third-order valence-corrected chi connectivity index (χ3v) is 2.52. The molecule has 0 radical (unpaired) electrons. The zero-order valence-electron chi connectivity index (χ0n) is 7.96. The second kappa shape index (κ2) is 5.09. The summed E-state index contributed by atoms with van der Waals surface area (Å²) in [6.07, 6.45) is 1.07. The molecule has 1 aromatic heterocycles. The molecule has 3 nitrogen and oxygen atoms in total. The number of carbonyl (C=O) groups excluding carboxylic acids is 1. The van der Waals surface area contributed by atoms with Crippen LogP contribution in [0.2, 0.25) is 0 Å². The van der Waals surface area contributed by atoms with Gasteiger partial charge in [0.15, 0.2) is 0 Å². The molecule has 72 valence electrons. The average Bonchev–Trinajstić information content (AvgIpc) is 2.48. The van der Waals surface area contributed by atoms with Gasteiger partial charge in [0.1, 0.15) is 5.78 Å². The van der Waals surface area contributed by atoms with Gasteiger partial charge in [0, 0.05) is 24.8 Å². The summed E-state index contributed by atoms with van der Waals surface area (Å²) in [5, 5.41) is 5.93. The fourth-order valence-electron chi connectivity index (χ4n) is 1.04. The van der Waals surface area contributed by atoms with Crippen LogP contribution in [0.4, 0.5) is 0 Å². The summed E-state index contributed by atoms with van der Waals surface area (Å²) in [5.74, 6) is 0.250. The quantitative estimate of drug-likeness (QED) is 0.772. The Balaban J connectivity index is 2.36. The van der Waals surface area contributed by atoms with Crippen molar-refractivity contribution in [1.82, 2.24) is 10.3 Å². The van der Waals surface area contributed by atoms with Crippen LogP contribution in [0.3, 0.4) is 0 Å². The molecule has 0 atom stereocenters. The third-order valence-electron chi connectivity index (χ3n) is 1.70. The number of hydrogen-bond acceptors (Lipinski definition) is 4. The van der Waals surface area contributed by atoms with Crippen LogP contribution in [-0.2, 0) is 11.2 Å². The number of rotatable bonds is 5. The zero-order valence-corrected chi connectivity index (χ0v) is 8.78. The monoisotopic (exact) mass is 198 g/mol. The van der Waals surface area contributed by atoms with E-state index in [1.165, 1.54) is 0 Å². The van der Waals surface area contributed by atoms with Crippen LogP contribution in [0.25, 0.3) is 0 Å². The molecule has 0 bridgehead atoms. The van der Waals surface area contributed by atoms with Crippen molar-refractivity contribution in [2.24, 2.45) is 0 Å². The fourth-order valence-corrected chi connectivity index (χ4v) is 1.66. The van der Waals surface area contributed by atoms with Gasteiger partial charge in [-0.25, -0.2) is 4.98 Å². The van der Waals surface area contributed by atoms with Crippen LogP contribution in [0.15, 0.2) is 5.38 Å². The van der Waals surface area contributed by atoms with Gasteiger partial charge in [0.25, 0.3) is 0 Å². The van der Waals surface area contributed by atoms with E-state index in [0.29, 0.717) is 12.8 Å². The largest absolute Gasteiger partial charge is 0.319 e. The highest BCUT2D eigenvalue weighted by Gasteiger charge is 2.05. The van der Waals surface area contributed by atoms with Crippen molar-refractivity contribution in [2.75, 3.05) is 13.6 Å². The molecule has 0 aliphatic carbocycles. The Morgan fingerprint density at radius 3 is 3.00 bits per heavy atom. The maximum atomic E-state index is 11.3. The van der Waals surface area contributed by atoms with Gasteiger partial charge in [-0.15, -0.1) is 11.3 Å².